The first kappa shape index (κ1) is 14.7. The second-order valence-corrected chi connectivity index (χ2v) is 7.20. The van der Waals surface area contributed by atoms with Crippen molar-refractivity contribution >= 4 is 22.7 Å². The van der Waals surface area contributed by atoms with E-state index in [-0.39, 0.29) is 6.61 Å². The summed E-state index contributed by atoms with van der Waals surface area (Å²) < 4.78 is 0. The van der Waals surface area contributed by atoms with E-state index in [9.17, 15) is 0 Å². The third-order valence-electron chi connectivity index (χ3n) is 3.14. The van der Waals surface area contributed by atoms with Crippen LogP contribution in [0.4, 0.5) is 0 Å². The maximum absolute atomic E-state index is 9.04. The molecule has 0 aliphatic rings. The molecule has 0 aliphatic carbocycles. The summed E-state index contributed by atoms with van der Waals surface area (Å²) in [5.41, 5.74) is 1.38. The van der Waals surface area contributed by atoms with Crippen LogP contribution < -0.4 is 0 Å². The Labute approximate surface area is 123 Å². The number of aryl methyl sites for hydroxylation is 2. The normalized spacial score (nSPS) is 11.4. The Kier molecular flexibility index (Phi) is 5.58. The molecule has 19 heavy (non-hydrogen) atoms. The second-order valence-electron chi connectivity index (χ2n) is 4.83. The molecule has 0 bridgehead atoms. The van der Waals surface area contributed by atoms with Gasteiger partial charge in [-0.05, 0) is 49.4 Å². The third-order valence-corrected chi connectivity index (χ3v) is 5.14. The zero-order valence-electron chi connectivity index (χ0n) is 11.6. The first-order chi connectivity index (χ1) is 9.19. The fourth-order valence-electron chi connectivity index (χ4n) is 2.07. The SMILES string of the molecule is Cc1ccc(CN(CCCO)Cc2sccc2C)s1. The maximum Gasteiger partial charge on any atom is 0.0443 e. The highest BCUT2D eigenvalue weighted by molar-refractivity contribution is 7.11. The fourth-order valence-corrected chi connectivity index (χ4v) is 3.95. The molecule has 0 saturated carbocycles. The molecule has 0 unspecified atom stereocenters. The first-order valence-electron chi connectivity index (χ1n) is 6.60. The summed E-state index contributed by atoms with van der Waals surface area (Å²) in [5, 5.41) is 11.2. The number of nitrogens with zero attached hydrogens (tertiary/aromatic N) is 1. The predicted molar refractivity (Wildman–Crippen MR) is 83.9 cm³/mol. The molecule has 104 valence electrons. The lowest BCUT2D eigenvalue weighted by Gasteiger charge is -2.21. The molecule has 0 fully saturated rings. The van der Waals surface area contributed by atoms with Crippen LogP contribution in [0.15, 0.2) is 23.6 Å². The maximum atomic E-state index is 9.04. The number of aliphatic hydroxyl groups is 1. The van der Waals surface area contributed by atoms with Crippen LogP contribution in [0.2, 0.25) is 0 Å². The van der Waals surface area contributed by atoms with Crippen LogP contribution in [0.1, 0.15) is 26.6 Å². The van der Waals surface area contributed by atoms with Crippen LogP contribution >= 0.6 is 22.7 Å². The van der Waals surface area contributed by atoms with E-state index in [0.717, 1.165) is 26.1 Å². The van der Waals surface area contributed by atoms with Gasteiger partial charge in [0.25, 0.3) is 0 Å². The number of hydrogen-bond acceptors (Lipinski definition) is 4. The molecule has 0 aliphatic heterocycles. The highest BCUT2D eigenvalue weighted by Crippen LogP contribution is 2.22. The summed E-state index contributed by atoms with van der Waals surface area (Å²) in [6.45, 7) is 7.51. The molecule has 0 aromatic carbocycles. The van der Waals surface area contributed by atoms with E-state index in [0.29, 0.717) is 0 Å². The first-order valence-corrected chi connectivity index (χ1v) is 8.30. The minimum Gasteiger partial charge on any atom is -0.396 e. The molecule has 2 rings (SSSR count). The standard InChI is InChI=1S/C15H21NOS2/c1-12-6-9-18-15(12)11-16(7-3-8-17)10-14-5-4-13(2)19-14/h4-6,9,17H,3,7-8,10-11H2,1-2H3. The number of thiophene rings is 2. The van der Waals surface area contributed by atoms with Crippen LogP contribution in [0, 0.1) is 13.8 Å². The molecule has 2 heterocycles. The van der Waals surface area contributed by atoms with E-state index in [4.69, 9.17) is 5.11 Å². The predicted octanol–water partition coefficient (Wildman–Crippen LogP) is 3.81. The molecule has 2 nitrogen and oxygen atoms in total. The lowest BCUT2D eigenvalue weighted by Crippen LogP contribution is -2.24. The van der Waals surface area contributed by atoms with Crippen molar-refractivity contribution in [3.05, 3.63) is 43.8 Å². The summed E-state index contributed by atoms with van der Waals surface area (Å²) in [4.78, 5) is 6.64. The third kappa shape index (κ3) is 4.42. The number of hydrogen-bond donors (Lipinski definition) is 1. The Morgan fingerprint density at radius 3 is 2.58 bits per heavy atom. The van der Waals surface area contributed by atoms with Crippen LogP contribution in [0.5, 0.6) is 0 Å². The van der Waals surface area contributed by atoms with Gasteiger partial charge >= 0.3 is 0 Å². The topological polar surface area (TPSA) is 23.5 Å². The van der Waals surface area contributed by atoms with Gasteiger partial charge in [-0.1, -0.05) is 0 Å². The lowest BCUT2D eigenvalue weighted by atomic mass is 10.2. The van der Waals surface area contributed by atoms with Crippen LogP contribution in [0.3, 0.4) is 0 Å². The van der Waals surface area contributed by atoms with E-state index in [1.54, 1.807) is 0 Å². The molecular formula is C15H21NOS2. The van der Waals surface area contributed by atoms with E-state index < -0.39 is 0 Å². The van der Waals surface area contributed by atoms with Crippen molar-refractivity contribution in [2.75, 3.05) is 13.2 Å². The minimum atomic E-state index is 0.267. The number of aliphatic hydroxyl groups excluding tert-OH is 1. The van der Waals surface area contributed by atoms with Crippen molar-refractivity contribution < 1.29 is 5.11 Å². The van der Waals surface area contributed by atoms with Gasteiger partial charge in [0.2, 0.25) is 0 Å². The van der Waals surface area contributed by atoms with Gasteiger partial charge in [0.05, 0.1) is 0 Å². The average Bonchev–Trinajstić information content (AvgIpc) is 2.96. The van der Waals surface area contributed by atoms with Gasteiger partial charge in [-0.25, -0.2) is 0 Å². The minimum absolute atomic E-state index is 0.267. The van der Waals surface area contributed by atoms with Crippen molar-refractivity contribution in [2.45, 2.75) is 33.4 Å². The van der Waals surface area contributed by atoms with E-state index in [1.807, 2.05) is 22.7 Å². The zero-order chi connectivity index (χ0) is 13.7. The average molecular weight is 295 g/mol. The lowest BCUT2D eigenvalue weighted by molar-refractivity contribution is 0.215. The van der Waals surface area contributed by atoms with Crippen molar-refractivity contribution in [1.82, 2.24) is 4.90 Å². The van der Waals surface area contributed by atoms with Crippen LogP contribution in [-0.2, 0) is 13.1 Å². The molecule has 4 heteroatoms. The van der Waals surface area contributed by atoms with Gasteiger partial charge in [0, 0.05) is 40.9 Å². The quantitative estimate of drug-likeness (QED) is 0.839. The Balaban J connectivity index is 2.01. The summed E-state index contributed by atoms with van der Waals surface area (Å²) in [6.07, 6.45) is 0.842. The Morgan fingerprint density at radius 1 is 1.16 bits per heavy atom. The Morgan fingerprint density at radius 2 is 2.00 bits per heavy atom. The smallest absolute Gasteiger partial charge is 0.0443 e. The molecule has 0 radical (unpaired) electrons. The van der Waals surface area contributed by atoms with Crippen molar-refractivity contribution in [1.29, 1.82) is 0 Å². The molecule has 2 aromatic heterocycles. The molecular weight excluding hydrogens is 274 g/mol. The monoisotopic (exact) mass is 295 g/mol. The molecule has 2 aromatic rings. The van der Waals surface area contributed by atoms with Gasteiger partial charge in [-0.2, -0.15) is 0 Å². The summed E-state index contributed by atoms with van der Waals surface area (Å²) in [5.74, 6) is 0. The van der Waals surface area contributed by atoms with Crippen molar-refractivity contribution in [3.8, 4) is 0 Å². The van der Waals surface area contributed by atoms with Crippen LogP contribution in [0.25, 0.3) is 0 Å². The Hall–Kier alpha value is -0.680. The number of rotatable bonds is 7. The van der Waals surface area contributed by atoms with Crippen LogP contribution in [-0.4, -0.2) is 23.2 Å². The molecule has 0 saturated heterocycles. The van der Waals surface area contributed by atoms with Gasteiger partial charge in [0.1, 0.15) is 0 Å². The van der Waals surface area contributed by atoms with Crippen molar-refractivity contribution in [2.24, 2.45) is 0 Å². The van der Waals surface area contributed by atoms with Gasteiger partial charge in [0.15, 0.2) is 0 Å². The molecule has 0 spiro atoms. The molecule has 0 amide bonds. The zero-order valence-corrected chi connectivity index (χ0v) is 13.2. The van der Waals surface area contributed by atoms with Crippen molar-refractivity contribution in [3.63, 3.8) is 0 Å². The highest BCUT2D eigenvalue weighted by atomic mass is 32.1. The summed E-state index contributed by atoms with van der Waals surface area (Å²) in [6, 6.07) is 6.58. The van der Waals surface area contributed by atoms with E-state index >= 15 is 0 Å². The largest absolute Gasteiger partial charge is 0.396 e. The summed E-state index contributed by atoms with van der Waals surface area (Å²) in [7, 11) is 0. The Bertz CT molecular complexity index is 504. The van der Waals surface area contributed by atoms with Gasteiger partial charge in [-0.3, -0.25) is 4.90 Å². The van der Waals surface area contributed by atoms with Gasteiger partial charge < -0.3 is 5.11 Å². The van der Waals surface area contributed by atoms with E-state index in [1.165, 1.54) is 20.2 Å². The van der Waals surface area contributed by atoms with E-state index in [2.05, 4.69) is 42.3 Å². The van der Waals surface area contributed by atoms with Gasteiger partial charge in [-0.15, -0.1) is 22.7 Å². The summed E-state index contributed by atoms with van der Waals surface area (Å²) >= 11 is 3.69. The fraction of sp³-hybridized carbons (Fsp3) is 0.467. The molecule has 0 atom stereocenters. The molecule has 1 N–H and O–H groups in total. The highest BCUT2D eigenvalue weighted by Gasteiger charge is 2.10. The second kappa shape index (κ2) is 7.20.